The van der Waals surface area contributed by atoms with Crippen LogP contribution >= 0.6 is 0 Å². The fourth-order valence-electron chi connectivity index (χ4n) is 1.32. The lowest BCUT2D eigenvalue weighted by Crippen LogP contribution is -3.61. The van der Waals surface area contributed by atoms with Gasteiger partial charge in [-0.1, -0.05) is 35.4 Å². The molecule has 126 valence electrons. The number of alkyl halides is 3. The van der Waals surface area contributed by atoms with Gasteiger partial charge in [0.25, 0.3) is 0 Å². The SMILES string of the molecule is Cc1ccc([I+]c2ccc(C)cc2)cc1.O=S(=O)([O-])C(F)(F)F. The Balaban J connectivity index is 0.000000284. The first-order valence-corrected chi connectivity index (χ1v) is 9.86. The number of rotatable bonds is 2. The molecule has 0 unspecified atom stereocenters. The Bertz CT molecular complexity index is 681. The van der Waals surface area contributed by atoms with Crippen LogP contribution in [0.4, 0.5) is 13.2 Å². The first kappa shape index (κ1) is 19.9. The van der Waals surface area contributed by atoms with Gasteiger partial charge in [0.15, 0.2) is 17.3 Å². The first-order chi connectivity index (χ1) is 10.5. The monoisotopic (exact) mass is 458 g/mol. The van der Waals surface area contributed by atoms with Crippen molar-refractivity contribution in [3.8, 4) is 0 Å². The van der Waals surface area contributed by atoms with Gasteiger partial charge in [0, 0.05) is 0 Å². The molecule has 0 aliphatic carbocycles. The minimum absolute atomic E-state index is 0.00313. The van der Waals surface area contributed by atoms with Crippen LogP contribution in [0.25, 0.3) is 0 Å². The van der Waals surface area contributed by atoms with Crippen molar-refractivity contribution in [1.82, 2.24) is 0 Å². The molecule has 0 fully saturated rings. The molecule has 0 radical (unpaired) electrons. The van der Waals surface area contributed by atoms with E-state index in [1.54, 1.807) is 0 Å². The van der Waals surface area contributed by atoms with Crippen molar-refractivity contribution in [1.29, 1.82) is 0 Å². The number of benzene rings is 2. The lowest BCUT2D eigenvalue weighted by molar-refractivity contribution is -0.597. The average molecular weight is 458 g/mol. The zero-order valence-corrected chi connectivity index (χ0v) is 15.2. The number of halogens is 4. The van der Waals surface area contributed by atoms with E-state index in [9.17, 15) is 13.2 Å². The third-order valence-electron chi connectivity index (χ3n) is 2.52. The fourth-order valence-corrected chi connectivity index (χ4v) is 3.48. The van der Waals surface area contributed by atoms with E-state index in [0.29, 0.717) is 0 Å². The van der Waals surface area contributed by atoms with Crippen LogP contribution in [0.3, 0.4) is 0 Å². The topological polar surface area (TPSA) is 57.2 Å². The second-order valence-corrected chi connectivity index (χ2v) is 8.99. The highest BCUT2D eigenvalue weighted by atomic mass is 127. The Morgan fingerprint density at radius 3 is 1.30 bits per heavy atom. The van der Waals surface area contributed by atoms with Gasteiger partial charge in [0.2, 0.25) is 0 Å². The summed E-state index contributed by atoms with van der Waals surface area (Å²) in [7, 11) is -6.09. The van der Waals surface area contributed by atoms with Crippen LogP contribution in [-0.4, -0.2) is 18.5 Å². The summed E-state index contributed by atoms with van der Waals surface area (Å²) in [5, 5.41) is 0. The first-order valence-electron chi connectivity index (χ1n) is 6.29. The molecule has 8 heteroatoms. The summed E-state index contributed by atoms with van der Waals surface area (Å²) in [6, 6.07) is 17.8. The van der Waals surface area contributed by atoms with Gasteiger partial charge in [0.1, 0.15) is 0 Å². The largest absolute Gasteiger partial charge is 0.741 e. The van der Waals surface area contributed by atoms with E-state index < -0.39 is 15.6 Å². The van der Waals surface area contributed by atoms with Crippen LogP contribution in [-0.2, 0) is 10.1 Å². The van der Waals surface area contributed by atoms with E-state index in [4.69, 9.17) is 13.0 Å². The maximum Gasteiger partial charge on any atom is 0.485 e. The minimum atomic E-state index is -6.09. The highest BCUT2D eigenvalue weighted by Gasteiger charge is 2.36. The standard InChI is InChI=1S/C14H14I.CHF3O3S/c1-11-3-7-13(8-4-11)15-14-9-5-12(2)6-10-14;2-1(3,4)8(5,6)7/h3-10H,1-2H3;(H,5,6,7)/q+1;/p-1. The Hall–Kier alpha value is -1.13. The molecule has 23 heavy (non-hydrogen) atoms. The summed E-state index contributed by atoms with van der Waals surface area (Å²) in [6.07, 6.45) is 0. The van der Waals surface area contributed by atoms with Gasteiger partial charge in [-0.05, 0) is 38.1 Å². The van der Waals surface area contributed by atoms with Gasteiger partial charge in [-0.3, -0.25) is 0 Å². The molecule has 3 nitrogen and oxygen atoms in total. The molecule has 0 saturated carbocycles. The maximum absolute atomic E-state index is 10.7. The Kier molecular flexibility index (Phi) is 7.02. The van der Waals surface area contributed by atoms with E-state index in [2.05, 4.69) is 62.4 Å². The van der Waals surface area contributed by atoms with Crippen molar-refractivity contribution < 1.29 is 47.3 Å². The Morgan fingerprint density at radius 1 is 0.826 bits per heavy atom. The van der Waals surface area contributed by atoms with Crippen molar-refractivity contribution in [2.24, 2.45) is 0 Å². The molecule has 2 aromatic carbocycles. The van der Waals surface area contributed by atoms with Gasteiger partial charge >= 0.3 is 26.7 Å². The molecule has 0 amide bonds. The fraction of sp³-hybridized carbons (Fsp3) is 0.200. The lowest BCUT2D eigenvalue weighted by Gasteiger charge is -2.08. The van der Waals surface area contributed by atoms with Gasteiger partial charge in [0.05, 0.1) is 0 Å². The number of aryl methyl sites for hydroxylation is 2. The van der Waals surface area contributed by atoms with Crippen molar-refractivity contribution in [3.05, 3.63) is 66.8 Å². The van der Waals surface area contributed by atoms with Crippen molar-refractivity contribution in [3.63, 3.8) is 0 Å². The quantitative estimate of drug-likeness (QED) is 0.374. The molecule has 2 aromatic rings. The van der Waals surface area contributed by atoms with E-state index in [1.165, 1.54) is 18.3 Å². The summed E-state index contributed by atoms with van der Waals surface area (Å²) in [5.74, 6) is 0. The summed E-state index contributed by atoms with van der Waals surface area (Å²) in [6.45, 7) is 4.27. The number of hydrogen-bond acceptors (Lipinski definition) is 3. The molecular formula is C15H14F3IO3S. The zero-order valence-electron chi connectivity index (χ0n) is 12.3. The predicted octanol–water partition coefficient (Wildman–Crippen LogP) is 0.483. The lowest BCUT2D eigenvalue weighted by atomic mass is 10.2. The van der Waals surface area contributed by atoms with Crippen molar-refractivity contribution in [2.75, 3.05) is 0 Å². The summed E-state index contributed by atoms with van der Waals surface area (Å²) in [4.78, 5) is 0. The van der Waals surface area contributed by atoms with Gasteiger partial charge in [-0.25, -0.2) is 8.42 Å². The summed E-state index contributed by atoms with van der Waals surface area (Å²) < 4.78 is 61.9. The molecule has 0 saturated heterocycles. The molecular weight excluding hydrogens is 444 g/mol. The van der Waals surface area contributed by atoms with Crippen molar-refractivity contribution in [2.45, 2.75) is 19.4 Å². The molecule has 0 bridgehead atoms. The highest BCUT2D eigenvalue weighted by Crippen LogP contribution is 2.20. The van der Waals surface area contributed by atoms with Gasteiger partial charge < -0.3 is 4.55 Å². The molecule has 0 aliphatic heterocycles. The predicted molar refractivity (Wildman–Crippen MR) is 75.5 cm³/mol. The van der Waals surface area contributed by atoms with E-state index in [-0.39, 0.29) is 21.2 Å². The molecule has 0 heterocycles. The molecule has 0 aromatic heterocycles. The molecule has 0 N–H and O–H groups in total. The van der Waals surface area contributed by atoms with Gasteiger partial charge in [-0.2, -0.15) is 13.2 Å². The van der Waals surface area contributed by atoms with Crippen LogP contribution in [0.5, 0.6) is 0 Å². The molecule has 0 aliphatic rings. The Labute approximate surface area is 143 Å². The Morgan fingerprint density at radius 2 is 1.09 bits per heavy atom. The third kappa shape index (κ3) is 7.32. The maximum atomic E-state index is 10.7. The molecule has 0 spiro atoms. The highest BCUT2D eigenvalue weighted by molar-refractivity contribution is 7.86. The normalized spacial score (nSPS) is 11.6. The smallest absolute Gasteiger partial charge is 0.485 e. The van der Waals surface area contributed by atoms with Crippen LogP contribution < -0.4 is 21.2 Å². The molecule has 2 rings (SSSR count). The third-order valence-corrected chi connectivity index (χ3v) is 5.77. The minimum Gasteiger partial charge on any atom is -0.741 e. The van der Waals surface area contributed by atoms with Crippen LogP contribution in [0.15, 0.2) is 48.5 Å². The number of hydrogen-bond donors (Lipinski definition) is 0. The zero-order chi connectivity index (χ0) is 17.7. The van der Waals surface area contributed by atoms with Gasteiger partial charge in [-0.15, -0.1) is 0 Å². The van der Waals surface area contributed by atoms with Crippen molar-refractivity contribution >= 4 is 10.1 Å². The van der Waals surface area contributed by atoms with Crippen LogP contribution in [0.1, 0.15) is 11.1 Å². The second kappa shape index (κ2) is 8.11. The van der Waals surface area contributed by atoms with E-state index >= 15 is 0 Å². The van der Waals surface area contributed by atoms with Crippen LogP contribution in [0.2, 0.25) is 0 Å². The van der Waals surface area contributed by atoms with E-state index in [1.807, 2.05) is 0 Å². The molecule has 0 atom stereocenters. The average Bonchev–Trinajstić information content (AvgIpc) is 2.42. The summed E-state index contributed by atoms with van der Waals surface area (Å²) >= 11 is 0.00313. The van der Waals surface area contributed by atoms with E-state index in [0.717, 1.165) is 0 Å². The van der Waals surface area contributed by atoms with Crippen LogP contribution in [0, 0.1) is 21.0 Å². The summed E-state index contributed by atoms with van der Waals surface area (Å²) in [5.41, 5.74) is -2.97. The second-order valence-electron chi connectivity index (χ2n) is 4.59.